The highest BCUT2D eigenvalue weighted by Crippen LogP contribution is 2.41. The summed E-state index contributed by atoms with van der Waals surface area (Å²) in [7, 11) is 0. The molecule has 2 heteroatoms. The van der Waals surface area contributed by atoms with Crippen LogP contribution in [0.3, 0.4) is 0 Å². The standard InChI is InChI=1S/C21H30N2/c1-3-5-6-7-16-21(4-2,17-8-12-19(22)13-9-17)18-10-14-20(23)15-11-18/h8-15H,3-7,16,22-23H2,1-2H3. The molecule has 0 saturated heterocycles. The van der Waals surface area contributed by atoms with Crippen LogP contribution in [-0.2, 0) is 5.41 Å². The number of anilines is 2. The molecule has 0 saturated carbocycles. The summed E-state index contributed by atoms with van der Waals surface area (Å²) in [6.07, 6.45) is 7.36. The molecule has 0 bridgehead atoms. The molecule has 124 valence electrons. The van der Waals surface area contributed by atoms with Gasteiger partial charge in [0.15, 0.2) is 0 Å². The van der Waals surface area contributed by atoms with Gasteiger partial charge in [-0.2, -0.15) is 0 Å². The molecule has 0 radical (unpaired) electrons. The Labute approximate surface area is 140 Å². The van der Waals surface area contributed by atoms with Crippen molar-refractivity contribution in [1.29, 1.82) is 0 Å². The summed E-state index contributed by atoms with van der Waals surface area (Å²) in [5.74, 6) is 0. The molecule has 2 aromatic rings. The van der Waals surface area contributed by atoms with E-state index in [2.05, 4.69) is 38.1 Å². The number of hydrogen-bond acceptors (Lipinski definition) is 2. The first kappa shape index (κ1) is 17.4. The fraction of sp³-hybridized carbons (Fsp3) is 0.429. The van der Waals surface area contributed by atoms with E-state index >= 15 is 0 Å². The first-order valence-corrected chi connectivity index (χ1v) is 8.84. The first-order valence-electron chi connectivity index (χ1n) is 8.84. The highest BCUT2D eigenvalue weighted by atomic mass is 14.5. The number of rotatable bonds is 8. The zero-order valence-corrected chi connectivity index (χ0v) is 14.5. The average Bonchev–Trinajstić information content (AvgIpc) is 2.57. The predicted molar refractivity (Wildman–Crippen MR) is 102 cm³/mol. The van der Waals surface area contributed by atoms with Crippen molar-refractivity contribution in [2.75, 3.05) is 11.5 Å². The summed E-state index contributed by atoms with van der Waals surface area (Å²) < 4.78 is 0. The molecule has 0 unspecified atom stereocenters. The van der Waals surface area contributed by atoms with Crippen LogP contribution in [0.4, 0.5) is 11.4 Å². The van der Waals surface area contributed by atoms with Gasteiger partial charge in [0.25, 0.3) is 0 Å². The van der Waals surface area contributed by atoms with Gasteiger partial charge in [-0.25, -0.2) is 0 Å². The van der Waals surface area contributed by atoms with Crippen molar-refractivity contribution in [3.63, 3.8) is 0 Å². The van der Waals surface area contributed by atoms with Gasteiger partial charge in [-0.3, -0.25) is 0 Å². The quantitative estimate of drug-likeness (QED) is 0.498. The zero-order valence-electron chi connectivity index (χ0n) is 14.5. The lowest BCUT2D eigenvalue weighted by Crippen LogP contribution is -2.27. The van der Waals surface area contributed by atoms with E-state index in [1.807, 2.05) is 24.3 Å². The van der Waals surface area contributed by atoms with Gasteiger partial charge in [-0.15, -0.1) is 0 Å². The maximum atomic E-state index is 5.89. The minimum atomic E-state index is 0.0507. The second kappa shape index (κ2) is 8.05. The third-order valence-electron chi connectivity index (χ3n) is 4.99. The smallest absolute Gasteiger partial charge is 0.0314 e. The molecular weight excluding hydrogens is 280 g/mol. The van der Waals surface area contributed by atoms with E-state index in [1.54, 1.807) is 0 Å². The van der Waals surface area contributed by atoms with Crippen LogP contribution in [0.25, 0.3) is 0 Å². The van der Waals surface area contributed by atoms with Crippen LogP contribution in [0.1, 0.15) is 63.5 Å². The molecule has 0 amide bonds. The molecule has 0 fully saturated rings. The summed E-state index contributed by atoms with van der Waals surface area (Å²) in [5, 5.41) is 0. The Morgan fingerprint density at radius 3 is 1.57 bits per heavy atom. The Hall–Kier alpha value is -1.96. The van der Waals surface area contributed by atoms with Crippen LogP contribution >= 0.6 is 0 Å². The normalized spacial score (nSPS) is 11.6. The zero-order chi connectivity index (χ0) is 16.7. The number of benzene rings is 2. The number of nitrogens with two attached hydrogens (primary N) is 2. The summed E-state index contributed by atoms with van der Waals surface area (Å²) >= 11 is 0. The van der Waals surface area contributed by atoms with Crippen molar-refractivity contribution in [2.24, 2.45) is 0 Å². The van der Waals surface area contributed by atoms with Gasteiger partial charge in [0.1, 0.15) is 0 Å². The van der Waals surface area contributed by atoms with E-state index in [4.69, 9.17) is 11.5 Å². The van der Waals surface area contributed by atoms with Crippen LogP contribution in [0.5, 0.6) is 0 Å². The van der Waals surface area contributed by atoms with Crippen molar-refractivity contribution in [3.05, 3.63) is 59.7 Å². The van der Waals surface area contributed by atoms with Crippen LogP contribution < -0.4 is 11.5 Å². The molecule has 23 heavy (non-hydrogen) atoms. The van der Waals surface area contributed by atoms with E-state index < -0.39 is 0 Å². The maximum absolute atomic E-state index is 5.89. The molecule has 2 nitrogen and oxygen atoms in total. The number of unbranched alkanes of at least 4 members (excludes halogenated alkanes) is 3. The van der Waals surface area contributed by atoms with Crippen LogP contribution in [-0.4, -0.2) is 0 Å². The Kier molecular flexibility index (Phi) is 6.09. The molecule has 0 atom stereocenters. The highest BCUT2D eigenvalue weighted by Gasteiger charge is 2.31. The molecule has 0 spiro atoms. The van der Waals surface area contributed by atoms with Gasteiger partial charge >= 0.3 is 0 Å². The van der Waals surface area contributed by atoms with Crippen LogP contribution in [0, 0.1) is 0 Å². The van der Waals surface area contributed by atoms with Crippen molar-refractivity contribution in [3.8, 4) is 0 Å². The van der Waals surface area contributed by atoms with Crippen LogP contribution in [0.15, 0.2) is 48.5 Å². The Morgan fingerprint density at radius 1 is 0.696 bits per heavy atom. The van der Waals surface area contributed by atoms with Gasteiger partial charge < -0.3 is 11.5 Å². The van der Waals surface area contributed by atoms with Gasteiger partial charge in [0.05, 0.1) is 0 Å². The van der Waals surface area contributed by atoms with E-state index in [-0.39, 0.29) is 5.41 Å². The molecule has 0 heterocycles. The third kappa shape index (κ3) is 4.07. The fourth-order valence-electron chi connectivity index (χ4n) is 3.50. The third-order valence-corrected chi connectivity index (χ3v) is 4.99. The summed E-state index contributed by atoms with van der Waals surface area (Å²) in [4.78, 5) is 0. The minimum absolute atomic E-state index is 0.0507. The number of hydrogen-bond donors (Lipinski definition) is 2. The van der Waals surface area contributed by atoms with Gasteiger partial charge in [-0.05, 0) is 48.2 Å². The monoisotopic (exact) mass is 310 g/mol. The minimum Gasteiger partial charge on any atom is -0.399 e. The summed E-state index contributed by atoms with van der Waals surface area (Å²) in [5.41, 5.74) is 16.2. The van der Waals surface area contributed by atoms with Gasteiger partial charge in [0.2, 0.25) is 0 Å². The largest absolute Gasteiger partial charge is 0.399 e. The fourth-order valence-corrected chi connectivity index (χ4v) is 3.50. The van der Waals surface area contributed by atoms with Crippen molar-refractivity contribution in [1.82, 2.24) is 0 Å². The molecule has 0 aromatic heterocycles. The van der Waals surface area contributed by atoms with Crippen molar-refractivity contribution < 1.29 is 0 Å². The molecule has 2 rings (SSSR count). The maximum Gasteiger partial charge on any atom is 0.0314 e. The SMILES string of the molecule is CCCCCCC(CC)(c1ccc(N)cc1)c1ccc(N)cc1. The van der Waals surface area contributed by atoms with Gasteiger partial charge in [0, 0.05) is 16.8 Å². The van der Waals surface area contributed by atoms with E-state index in [0.29, 0.717) is 0 Å². The molecule has 0 aliphatic rings. The van der Waals surface area contributed by atoms with Crippen LogP contribution in [0.2, 0.25) is 0 Å². The lowest BCUT2D eigenvalue weighted by Gasteiger charge is -2.35. The topological polar surface area (TPSA) is 52.0 Å². The average molecular weight is 310 g/mol. The predicted octanol–water partition coefficient (Wildman–Crippen LogP) is 5.52. The van der Waals surface area contributed by atoms with Crippen molar-refractivity contribution >= 4 is 11.4 Å². The van der Waals surface area contributed by atoms with Crippen molar-refractivity contribution in [2.45, 2.75) is 57.8 Å². The van der Waals surface area contributed by atoms with E-state index in [0.717, 1.165) is 24.2 Å². The molecule has 0 aliphatic carbocycles. The Balaban J connectivity index is 2.38. The van der Waals surface area contributed by atoms with E-state index in [9.17, 15) is 0 Å². The number of nitrogen functional groups attached to an aromatic ring is 2. The summed E-state index contributed by atoms with van der Waals surface area (Å²) in [6, 6.07) is 16.8. The molecular formula is C21H30N2. The molecule has 0 aliphatic heterocycles. The lowest BCUT2D eigenvalue weighted by molar-refractivity contribution is 0.428. The molecule has 4 N–H and O–H groups in total. The Bertz CT molecular complexity index is 539. The van der Waals surface area contributed by atoms with E-state index in [1.165, 1.54) is 36.8 Å². The molecule has 2 aromatic carbocycles. The Morgan fingerprint density at radius 2 is 1.17 bits per heavy atom. The second-order valence-corrected chi connectivity index (χ2v) is 6.49. The lowest BCUT2D eigenvalue weighted by atomic mass is 9.69. The van der Waals surface area contributed by atoms with Gasteiger partial charge in [-0.1, -0.05) is 63.8 Å². The first-order chi connectivity index (χ1) is 11.1. The summed E-state index contributed by atoms with van der Waals surface area (Å²) in [6.45, 7) is 4.54. The highest BCUT2D eigenvalue weighted by molar-refractivity contribution is 5.48. The second-order valence-electron chi connectivity index (χ2n) is 6.49.